The molecule has 0 spiro atoms. The second-order valence-electron chi connectivity index (χ2n) is 5.71. The predicted molar refractivity (Wildman–Crippen MR) is 102 cm³/mol. The summed E-state index contributed by atoms with van der Waals surface area (Å²) in [6.07, 6.45) is 0. The van der Waals surface area contributed by atoms with E-state index in [1.165, 1.54) is 11.3 Å². The summed E-state index contributed by atoms with van der Waals surface area (Å²) >= 11 is 1.39. The van der Waals surface area contributed by atoms with Crippen molar-refractivity contribution in [2.45, 2.75) is 13.8 Å². The van der Waals surface area contributed by atoms with Crippen molar-refractivity contribution in [3.63, 3.8) is 0 Å². The normalized spacial score (nSPS) is 10.5. The lowest BCUT2D eigenvalue weighted by Gasteiger charge is -2.12. The summed E-state index contributed by atoms with van der Waals surface area (Å²) in [6.45, 7) is 3.88. The van der Waals surface area contributed by atoms with Gasteiger partial charge >= 0.3 is 0 Å². The molecule has 1 heterocycles. The maximum absolute atomic E-state index is 12.2. The van der Waals surface area contributed by atoms with Crippen LogP contribution in [0.1, 0.15) is 11.1 Å². The molecule has 0 unspecified atom stereocenters. The van der Waals surface area contributed by atoms with Crippen molar-refractivity contribution in [2.75, 3.05) is 17.7 Å². The first kappa shape index (κ1) is 17.0. The van der Waals surface area contributed by atoms with Gasteiger partial charge in [0.05, 0.1) is 5.69 Å². The van der Waals surface area contributed by atoms with E-state index in [2.05, 4.69) is 10.3 Å². The Hall–Kier alpha value is -2.86. The minimum absolute atomic E-state index is 0.0421. The van der Waals surface area contributed by atoms with E-state index < -0.39 is 0 Å². The Labute approximate surface area is 150 Å². The Kier molecular flexibility index (Phi) is 5.00. The van der Waals surface area contributed by atoms with Crippen LogP contribution in [0, 0.1) is 13.8 Å². The summed E-state index contributed by atoms with van der Waals surface area (Å²) in [7, 11) is 0. The van der Waals surface area contributed by atoms with Crippen molar-refractivity contribution in [3.8, 4) is 17.0 Å². The quantitative estimate of drug-likeness (QED) is 0.726. The summed E-state index contributed by atoms with van der Waals surface area (Å²) < 4.78 is 5.68. The molecule has 25 heavy (non-hydrogen) atoms. The number of amides is 1. The van der Waals surface area contributed by atoms with Crippen LogP contribution in [0.2, 0.25) is 0 Å². The SMILES string of the molecule is Cc1cccc(C)c1OCC(=O)Nc1cccc(-c2csc(N)n2)c1. The first-order chi connectivity index (χ1) is 12.0. The van der Waals surface area contributed by atoms with Crippen LogP contribution in [0.3, 0.4) is 0 Å². The van der Waals surface area contributed by atoms with Crippen molar-refractivity contribution < 1.29 is 9.53 Å². The molecule has 128 valence electrons. The van der Waals surface area contributed by atoms with Gasteiger partial charge in [0.1, 0.15) is 5.75 Å². The lowest BCUT2D eigenvalue weighted by Crippen LogP contribution is -2.20. The number of nitrogen functional groups attached to an aromatic ring is 1. The average Bonchev–Trinajstić information content (AvgIpc) is 3.01. The van der Waals surface area contributed by atoms with E-state index in [-0.39, 0.29) is 12.5 Å². The van der Waals surface area contributed by atoms with E-state index in [1.54, 1.807) is 0 Å². The van der Waals surface area contributed by atoms with E-state index in [9.17, 15) is 4.79 Å². The summed E-state index contributed by atoms with van der Waals surface area (Å²) in [5.74, 6) is 0.543. The number of carbonyl (C=O) groups excluding carboxylic acids is 1. The molecular weight excluding hydrogens is 334 g/mol. The van der Waals surface area contributed by atoms with Gasteiger partial charge < -0.3 is 15.8 Å². The highest BCUT2D eigenvalue weighted by molar-refractivity contribution is 7.13. The topological polar surface area (TPSA) is 77.2 Å². The van der Waals surface area contributed by atoms with Crippen LogP contribution in [0.15, 0.2) is 47.8 Å². The Morgan fingerprint density at radius 1 is 1.20 bits per heavy atom. The zero-order valence-electron chi connectivity index (χ0n) is 14.1. The molecule has 0 bridgehead atoms. The van der Waals surface area contributed by atoms with Crippen LogP contribution in [0.5, 0.6) is 5.75 Å². The molecule has 0 aliphatic carbocycles. The second-order valence-corrected chi connectivity index (χ2v) is 6.60. The first-order valence-electron chi connectivity index (χ1n) is 7.83. The molecule has 6 heteroatoms. The number of nitrogens with zero attached hydrogens (tertiary/aromatic N) is 1. The van der Waals surface area contributed by atoms with Crippen molar-refractivity contribution in [3.05, 3.63) is 59.0 Å². The Morgan fingerprint density at radius 2 is 1.92 bits per heavy atom. The maximum atomic E-state index is 12.2. The van der Waals surface area contributed by atoms with E-state index in [1.807, 2.05) is 61.7 Å². The molecule has 1 aromatic heterocycles. The maximum Gasteiger partial charge on any atom is 0.262 e. The van der Waals surface area contributed by atoms with Crippen molar-refractivity contribution in [2.24, 2.45) is 0 Å². The fourth-order valence-corrected chi connectivity index (χ4v) is 3.11. The minimum atomic E-state index is -0.211. The largest absolute Gasteiger partial charge is 0.483 e. The van der Waals surface area contributed by atoms with Gasteiger partial charge in [-0.05, 0) is 37.1 Å². The minimum Gasteiger partial charge on any atom is -0.483 e. The number of rotatable bonds is 5. The van der Waals surface area contributed by atoms with Crippen LogP contribution in [0.25, 0.3) is 11.3 Å². The smallest absolute Gasteiger partial charge is 0.262 e. The van der Waals surface area contributed by atoms with Gasteiger partial charge in [-0.15, -0.1) is 11.3 Å². The number of hydrogen-bond donors (Lipinski definition) is 2. The highest BCUT2D eigenvalue weighted by Gasteiger charge is 2.09. The van der Waals surface area contributed by atoms with Gasteiger partial charge in [0.15, 0.2) is 11.7 Å². The molecule has 0 saturated heterocycles. The third-order valence-electron chi connectivity index (χ3n) is 3.72. The van der Waals surface area contributed by atoms with E-state index in [4.69, 9.17) is 10.5 Å². The molecule has 0 saturated carbocycles. The second kappa shape index (κ2) is 7.36. The van der Waals surface area contributed by atoms with Crippen LogP contribution in [0.4, 0.5) is 10.8 Å². The summed E-state index contributed by atoms with van der Waals surface area (Å²) in [5.41, 5.74) is 10.1. The van der Waals surface area contributed by atoms with Gasteiger partial charge in [0.25, 0.3) is 5.91 Å². The Balaban J connectivity index is 1.65. The van der Waals surface area contributed by atoms with Crippen molar-refractivity contribution >= 4 is 28.1 Å². The number of para-hydroxylation sites is 1. The summed E-state index contributed by atoms with van der Waals surface area (Å²) in [4.78, 5) is 16.4. The lowest BCUT2D eigenvalue weighted by molar-refractivity contribution is -0.118. The number of hydrogen-bond acceptors (Lipinski definition) is 5. The number of nitrogens with two attached hydrogens (primary N) is 1. The molecule has 3 N–H and O–H groups in total. The van der Waals surface area contributed by atoms with Gasteiger partial charge in [-0.1, -0.05) is 30.3 Å². The van der Waals surface area contributed by atoms with Gasteiger partial charge in [0.2, 0.25) is 0 Å². The highest BCUT2D eigenvalue weighted by Crippen LogP contribution is 2.25. The molecule has 3 aromatic rings. The average molecular weight is 353 g/mol. The number of aromatic nitrogens is 1. The molecule has 3 rings (SSSR count). The van der Waals surface area contributed by atoms with Gasteiger partial charge in [-0.2, -0.15) is 0 Å². The number of anilines is 2. The summed E-state index contributed by atoms with van der Waals surface area (Å²) in [6, 6.07) is 13.4. The number of aryl methyl sites for hydroxylation is 2. The van der Waals surface area contributed by atoms with Gasteiger partial charge in [-0.3, -0.25) is 4.79 Å². The van der Waals surface area contributed by atoms with Crippen LogP contribution >= 0.6 is 11.3 Å². The molecule has 0 radical (unpaired) electrons. The molecule has 0 aliphatic rings. The molecule has 0 atom stereocenters. The van der Waals surface area contributed by atoms with Crippen molar-refractivity contribution in [1.29, 1.82) is 0 Å². The number of nitrogens with one attached hydrogen (secondary N) is 1. The van der Waals surface area contributed by atoms with Crippen LogP contribution in [-0.4, -0.2) is 17.5 Å². The molecule has 0 fully saturated rings. The third kappa shape index (κ3) is 4.16. The van der Waals surface area contributed by atoms with Gasteiger partial charge in [0, 0.05) is 16.6 Å². The van der Waals surface area contributed by atoms with E-state index >= 15 is 0 Å². The molecule has 0 aliphatic heterocycles. The number of thiazole rings is 1. The molecular formula is C19H19N3O2S. The number of carbonyl (C=O) groups is 1. The Morgan fingerprint density at radius 3 is 2.60 bits per heavy atom. The predicted octanol–water partition coefficient (Wildman–Crippen LogP) is 4.03. The lowest BCUT2D eigenvalue weighted by atomic mass is 10.1. The number of ether oxygens (including phenoxy) is 1. The van der Waals surface area contributed by atoms with Crippen LogP contribution in [-0.2, 0) is 4.79 Å². The Bertz CT molecular complexity index is 885. The monoisotopic (exact) mass is 353 g/mol. The first-order valence-corrected chi connectivity index (χ1v) is 8.71. The molecule has 5 nitrogen and oxygen atoms in total. The zero-order chi connectivity index (χ0) is 17.8. The number of benzene rings is 2. The summed E-state index contributed by atoms with van der Waals surface area (Å²) in [5, 5.41) is 5.26. The van der Waals surface area contributed by atoms with Gasteiger partial charge in [-0.25, -0.2) is 4.98 Å². The third-order valence-corrected chi connectivity index (χ3v) is 4.39. The standard InChI is InChI=1S/C19H19N3O2S/c1-12-5-3-6-13(2)18(12)24-10-17(23)21-15-8-4-7-14(9-15)16-11-25-19(20)22-16/h3-9,11H,10H2,1-2H3,(H2,20,22)(H,21,23). The van der Waals surface area contributed by atoms with Crippen LogP contribution < -0.4 is 15.8 Å². The van der Waals surface area contributed by atoms with Crippen molar-refractivity contribution in [1.82, 2.24) is 4.98 Å². The fourth-order valence-electron chi connectivity index (χ4n) is 2.54. The zero-order valence-corrected chi connectivity index (χ0v) is 14.9. The van der Waals surface area contributed by atoms with E-state index in [0.717, 1.165) is 28.1 Å². The highest BCUT2D eigenvalue weighted by atomic mass is 32.1. The molecule has 2 aromatic carbocycles. The fraction of sp³-hybridized carbons (Fsp3) is 0.158. The van der Waals surface area contributed by atoms with E-state index in [0.29, 0.717) is 10.8 Å². The molecule has 1 amide bonds.